The van der Waals surface area contributed by atoms with E-state index in [0.717, 1.165) is 24.6 Å². The molecule has 0 amide bonds. The molecule has 0 radical (unpaired) electrons. The molecule has 2 aromatic heterocycles. The number of benzene rings is 2. The lowest BCUT2D eigenvalue weighted by Crippen LogP contribution is -2.47. The molecule has 2 aliphatic rings. The van der Waals surface area contributed by atoms with Gasteiger partial charge in [-0.2, -0.15) is 18.8 Å². The molecule has 6 rings (SSSR count). The molecule has 4 aromatic rings. The third-order valence-electron chi connectivity index (χ3n) is 9.99. The van der Waals surface area contributed by atoms with Crippen molar-refractivity contribution in [2.24, 2.45) is 16.7 Å². The van der Waals surface area contributed by atoms with Gasteiger partial charge in [0, 0.05) is 28.8 Å². The van der Waals surface area contributed by atoms with E-state index in [1.807, 2.05) is 13.8 Å². The second-order valence-electron chi connectivity index (χ2n) is 12.5. The van der Waals surface area contributed by atoms with E-state index < -0.39 is 49.9 Å². The van der Waals surface area contributed by atoms with E-state index in [1.165, 1.54) is 28.7 Å². The van der Waals surface area contributed by atoms with Gasteiger partial charge in [-0.15, -0.1) is 11.3 Å². The number of rotatable bonds is 10. The van der Waals surface area contributed by atoms with Crippen LogP contribution in [0.4, 0.5) is 8.78 Å². The smallest absolute Gasteiger partial charge is 0.269 e. The molecule has 9 nitrogen and oxygen atoms in total. The van der Waals surface area contributed by atoms with Crippen LogP contribution in [0.3, 0.4) is 0 Å². The fourth-order valence-electron chi connectivity index (χ4n) is 7.18. The van der Waals surface area contributed by atoms with Crippen molar-refractivity contribution in [2.45, 2.75) is 58.1 Å². The van der Waals surface area contributed by atoms with E-state index in [0.29, 0.717) is 34.7 Å². The first-order valence-electron chi connectivity index (χ1n) is 14.5. The van der Waals surface area contributed by atoms with Crippen LogP contribution >= 0.6 is 11.3 Å². The van der Waals surface area contributed by atoms with Gasteiger partial charge < -0.3 is 0 Å². The van der Waals surface area contributed by atoms with Gasteiger partial charge in [-0.1, -0.05) is 32.9 Å². The molecule has 0 spiro atoms. The number of nitrogens with zero attached hydrogens (tertiary/aromatic N) is 5. The zero-order valence-electron chi connectivity index (χ0n) is 24.9. The van der Waals surface area contributed by atoms with E-state index >= 15 is 4.39 Å². The van der Waals surface area contributed by atoms with Crippen LogP contribution < -0.4 is 0 Å². The van der Waals surface area contributed by atoms with E-state index in [2.05, 4.69) is 16.2 Å². The monoisotopic (exact) mass is 651 g/mol. The number of halogens is 2. The van der Waals surface area contributed by atoms with Gasteiger partial charge in [0.05, 0.1) is 40.0 Å². The summed E-state index contributed by atoms with van der Waals surface area (Å²) < 4.78 is 66.7. The van der Waals surface area contributed by atoms with Gasteiger partial charge in [0.25, 0.3) is 10.1 Å². The summed E-state index contributed by atoms with van der Waals surface area (Å²) in [6.45, 7) is 5.13. The molecule has 2 aromatic carbocycles. The number of hydrogen-bond acceptors (Lipinski definition) is 9. The summed E-state index contributed by atoms with van der Waals surface area (Å²) in [6.07, 6.45) is 4.02. The molecule has 13 heteroatoms. The maximum atomic E-state index is 15.8. The van der Waals surface area contributed by atoms with Crippen LogP contribution in [0.25, 0.3) is 11.3 Å². The number of nitriles is 1. The molecule has 2 unspecified atom stereocenters. The van der Waals surface area contributed by atoms with Crippen LogP contribution in [0, 0.1) is 39.7 Å². The second-order valence-corrected chi connectivity index (χ2v) is 15.0. The molecule has 0 N–H and O–H groups in total. The standard InChI is InChI=1S/C32H31F2N5O4S2/c1-20(29-38-27(15-44-29)22-6-4-21(14-35)5-7-22)32(16-39-19-36-18-37-39,25-13-24(33)8-9-26(25)34)43-45(41,42)17-31-11-10-23(12-28(31)40)30(31,2)3/h4-9,13,15,18-20,23H,10-12,16-17H2,1-3H3/t20-,23?,31?,32+/m0/s1. The van der Waals surface area contributed by atoms with Crippen molar-refractivity contribution in [2.75, 3.05) is 5.75 Å². The summed E-state index contributed by atoms with van der Waals surface area (Å²) in [6, 6.07) is 11.7. The highest BCUT2D eigenvalue weighted by atomic mass is 32.2. The van der Waals surface area contributed by atoms with Gasteiger partial charge in [-0.25, -0.2) is 23.4 Å². The zero-order chi connectivity index (χ0) is 32.2. The van der Waals surface area contributed by atoms with Crippen LogP contribution in [0.2, 0.25) is 0 Å². The molecule has 234 valence electrons. The predicted molar refractivity (Wildman–Crippen MR) is 162 cm³/mol. The first-order chi connectivity index (χ1) is 21.3. The van der Waals surface area contributed by atoms with Crippen molar-refractivity contribution in [3.8, 4) is 17.3 Å². The Bertz CT molecular complexity index is 1900. The predicted octanol–water partition coefficient (Wildman–Crippen LogP) is 5.99. The van der Waals surface area contributed by atoms with Crippen LogP contribution in [0.15, 0.2) is 60.5 Å². The maximum absolute atomic E-state index is 15.8. The fourth-order valence-corrected chi connectivity index (χ4v) is 10.2. The van der Waals surface area contributed by atoms with Gasteiger partial charge in [0.2, 0.25) is 0 Å². The Balaban J connectivity index is 1.48. The Morgan fingerprint density at radius 1 is 1.22 bits per heavy atom. The molecule has 0 saturated heterocycles. The molecule has 2 saturated carbocycles. The van der Waals surface area contributed by atoms with Crippen molar-refractivity contribution >= 4 is 27.2 Å². The van der Waals surface area contributed by atoms with Gasteiger partial charge in [-0.05, 0) is 54.5 Å². The van der Waals surface area contributed by atoms with E-state index in [4.69, 9.17) is 14.4 Å². The first kappa shape index (κ1) is 31.1. The lowest BCUT2D eigenvalue weighted by Gasteiger charge is -2.40. The number of thiazole rings is 1. The molecule has 4 atom stereocenters. The van der Waals surface area contributed by atoms with Gasteiger partial charge in [0.1, 0.15) is 35.7 Å². The van der Waals surface area contributed by atoms with Gasteiger partial charge in [0.15, 0.2) is 0 Å². The number of fused-ring (bicyclic) bond motifs is 2. The highest BCUT2D eigenvalue weighted by Crippen LogP contribution is 2.64. The van der Waals surface area contributed by atoms with Crippen LogP contribution in [0.1, 0.15) is 62.1 Å². The van der Waals surface area contributed by atoms with Crippen LogP contribution in [-0.4, -0.2) is 39.7 Å². The number of Topliss-reactive ketones (excluding diaryl/α,β-unsaturated/α-hetero) is 1. The van der Waals surface area contributed by atoms with Crippen molar-refractivity contribution in [3.05, 3.63) is 88.3 Å². The lowest BCUT2D eigenvalue weighted by atomic mass is 9.70. The molecule has 2 fully saturated rings. The zero-order valence-corrected chi connectivity index (χ0v) is 26.5. The second kappa shape index (κ2) is 11.2. The van der Waals surface area contributed by atoms with Crippen LogP contribution in [0.5, 0.6) is 0 Å². The molecular weight excluding hydrogens is 621 g/mol. The average Bonchev–Trinajstić information content (AvgIpc) is 3.78. The van der Waals surface area contributed by atoms with E-state index in [9.17, 15) is 17.6 Å². The quantitative estimate of drug-likeness (QED) is 0.191. The van der Waals surface area contributed by atoms with Crippen LogP contribution in [-0.2, 0) is 31.2 Å². The third-order valence-corrected chi connectivity index (χ3v) is 12.4. The molecular formula is C32H31F2N5O4S2. The minimum atomic E-state index is -4.58. The molecule has 0 aliphatic heterocycles. The Kier molecular flexibility index (Phi) is 7.74. The third kappa shape index (κ3) is 5.28. The van der Waals surface area contributed by atoms with Crippen molar-refractivity contribution < 1.29 is 26.2 Å². The topological polar surface area (TPSA) is 128 Å². The summed E-state index contributed by atoms with van der Waals surface area (Å²) in [5.74, 6) is -3.26. The minimum Gasteiger partial charge on any atom is -0.299 e. The summed E-state index contributed by atoms with van der Waals surface area (Å²) in [7, 11) is -4.58. The largest absolute Gasteiger partial charge is 0.299 e. The summed E-state index contributed by atoms with van der Waals surface area (Å²) >= 11 is 1.21. The van der Waals surface area contributed by atoms with E-state index in [-0.39, 0.29) is 23.8 Å². The Hall–Kier alpha value is -3.86. The van der Waals surface area contributed by atoms with Gasteiger partial charge >= 0.3 is 0 Å². The SMILES string of the molecule is C[C@@H](c1nc(-c2ccc(C#N)cc2)cs1)[C@@](Cn1cncn1)(OS(=O)(=O)CC12CCC(CC1=O)C2(C)C)c1cc(F)ccc1F. The van der Waals surface area contributed by atoms with Crippen molar-refractivity contribution in [1.82, 2.24) is 19.7 Å². The summed E-state index contributed by atoms with van der Waals surface area (Å²) in [5.41, 5.74) is -2.39. The average molecular weight is 652 g/mol. The lowest BCUT2D eigenvalue weighted by molar-refractivity contribution is -0.128. The summed E-state index contributed by atoms with van der Waals surface area (Å²) in [4.78, 5) is 22.0. The maximum Gasteiger partial charge on any atom is 0.269 e. The normalized spacial score (nSPS) is 22.7. The summed E-state index contributed by atoms with van der Waals surface area (Å²) in [5, 5.41) is 15.5. The van der Waals surface area contributed by atoms with Gasteiger partial charge in [-0.3, -0.25) is 8.98 Å². The highest BCUT2D eigenvalue weighted by molar-refractivity contribution is 7.86. The van der Waals surface area contributed by atoms with E-state index in [1.54, 1.807) is 36.6 Å². The molecule has 2 bridgehead atoms. The number of ketones is 1. The number of hydrogen-bond donors (Lipinski definition) is 0. The fraction of sp³-hybridized carbons (Fsp3) is 0.406. The molecule has 2 aliphatic carbocycles. The number of carbonyl (C=O) groups excluding carboxylic acids is 1. The Morgan fingerprint density at radius 2 is 1.98 bits per heavy atom. The molecule has 45 heavy (non-hydrogen) atoms. The molecule has 2 heterocycles. The minimum absolute atomic E-state index is 0.0654. The van der Waals surface area contributed by atoms with Crippen molar-refractivity contribution in [1.29, 1.82) is 5.26 Å². The number of carbonyl (C=O) groups is 1. The first-order valence-corrected chi connectivity index (χ1v) is 17.0. The number of aromatic nitrogens is 4. The highest BCUT2D eigenvalue weighted by Gasteiger charge is 2.66. The Labute approximate surface area is 264 Å². The van der Waals surface area contributed by atoms with Crippen molar-refractivity contribution in [3.63, 3.8) is 0 Å². The Morgan fingerprint density at radius 3 is 2.60 bits per heavy atom.